The van der Waals surface area contributed by atoms with Gasteiger partial charge in [-0.3, -0.25) is 0 Å². The van der Waals surface area contributed by atoms with Gasteiger partial charge in [0, 0.05) is 49.4 Å². The molecule has 0 fully saturated rings. The van der Waals surface area contributed by atoms with E-state index >= 15 is 0 Å². The molecule has 0 unspecified atom stereocenters. The van der Waals surface area contributed by atoms with Crippen LogP contribution < -0.4 is 30.5 Å². The lowest BCUT2D eigenvalue weighted by atomic mass is 9.81. The Morgan fingerprint density at radius 1 is 0.323 bits per heavy atom. The molecule has 4 nitrogen and oxygen atoms in total. The summed E-state index contributed by atoms with van der Waals surface area (Å²) in [5.41, 5.74) is 22.4. The molecule has 2 aromatic heterocycles. The summed E-state index contributed by atoms with van der Waals surface area (Å²) in [5.74, 6) is 0. The molecule has 0 N–H and O–H groups in total. The molecule has 2 heterocycles. The predicted octanol–water partition coefficient (Wildman–Crippen LogP) is 23.5. The zero-order valence-corrected chi connectivity index (χ0v) is 58.7. The molecule has 1 aliphatic rings. The van der Waals surface area contributed by atoms with Gasteiger partial charge in [0.1, 0.15) is 11.2 Å². The number of furan rings is 2. The number of hydrogen-bond donors (Lipinski definition) is 0. The fourth-order valence-electron chi connectivity index (χ4n) is 16.2. The predicted molar refractivity (Wildman–Crippen MR) is 422 cm³/mol. The van der Waals surface area contributed by atoms with Gasteiger partial charge in [-0.25, -0.2) is 0 Å². The number of anilines is 6. The molecule has 0 aliphatic heterocycles. The normalized spacial score (nSPS) is 13.0. The number of hydrogen-bond acceptors (Lipinski definition) is 4. The van der Waals surface area contributed by atoms with Crippen molar-refractivity contribution in [2.75, 3.05) is 9.80 Å². The van der Waals surface area contributed by atoms with E-state index in [1.807, 2.05) is 0 Å². The van der Waals surface area contributed by atoms with Gasteiger partial charge in [-0.15, -0.1) is 0 Å². The summed E-state index contributed by atoms with van der Waals surface area (Å²) >= 11 is 0. The average molecular weight is 1300 g/mol. The van der Waals surface area contributed by atoms with Crippen molar-refractivity contribution in [3.8, 4) is 33.4 Å². The lowest BCUT2D eigenvalue weighted by molar-refractivity contribution is 0.590. The zero-order valence-electron chi connectivity index (χ0n) is 57.7. The maximum Gasteiger partial charge on any atom is 0.179 e. The minimum Gasteiger partial charge on any atom is -0.454 e. The highest BCUT2D eigenvalue weighted by molar-refractivity contribution is 7.20. The molecule has 5 heteroatoms. The van der Waals surface area contributed by atoms with Crippen LogP contribution in [0.15, 0.2) is 318 Å². The van der Waals surface area contributed by atoms with E-state index in [-0.39, 0.29) is 10.8 Å². The molecular weight excluding hydrogens is 1220 g/mol. The largest absolute Gasteiger partial charge is 0.454 e. The van der Waals surface area contributed by atoms with Crippen LogP contribution >= 0.6 is 0 Å². The number of rotatable bonds is 12. The van der Waals surface area contributed by atoms with Crippen molar-refractivity contribution >= 4 is 118 Å². The first-order valence-electron chi connectivity index (χ1n) is 34.8. The first-order chi connectivity index (χ1) is 48.0. The van der Waals surface area contributed by atoms with Gasteiger partial charge in [-0.2, -0.15) is 0 Å². The van der Waals surface area contributed by atoms with Crippen molar-refractivity contribution in [3.05, 3.63) is 337 Å². The molecule has 0 spiro atoms. The average Bonchev–Trinajstić information content (AvgIpc) is 1.56. The topological polar surface area (TPSA) is 32.8 Å². The lowest BCUT2D eigenvalue weighted by Crippen LogP contribution is -2.74. The quantitative estimate of drug-likeness (QED) is 0.0901. The Balaban J connectivity index is 0.861. The van der Waals surface area contributed by atoms with Gasteiger partial charge in [-0.05, 0) is 166 Å². The van der Waals surface area contributed by atoms with Gasteiger partial charge in [0.2, 0.25) is 0 Å². The molecule has 17 rings (SSSR count). The summed E-state index contributed by atoms with van der Waals surface area (Å²) in [6.45, 7) is 20.7. The van der Waals surface area contributed by atoms with Crippen LogP contribution in [0.5, 0.6) is 0 Å². The molecule has 1 aliphatic carbocycles. The monoisotopic (exact) mass is 1290 g/mol. The van der Waals surface area contributed by atoms with Crippen molar-refractivity contribution in [3.63, 3.8) is 0 Å². The van der Waals surface area contributed by atoms with E-state index in [1.165, 1.54) is 70.6 Å². The Morgan fingerprint density at radius 2 is 0.747 bits per heavy atom. The Hall–Kier alpha value is -11.2. The van der Waals surface area contributed by atoms with Crippen LogP contribution in [0.2, 0.25) is 0 Å². The van der Waals surface area contributed by atoms with E-state index in [9.17, 15) is 0 Å². The van der Waals surface area contributed by atoms with Crippen LogP contribution in [0.1, 0.15) is 83.2 Å². The SMILES string of the molecule is Cc1cccc(-c2ccc(N(c3ccc(C(C)(C)C)cc3)c3ccc4c(c3)C(C)(C)c3cc(N(c5ccc(C(C)(C)C)cc5)c5ccc(-c6cccc([Si](c7ccccc7)(c7ccccc7)c7ccccc7)c6)c6c5oc5ccccc56)c5ccccc5c3-4)c3oc4ccccc4c23)c1. The minimum atomic E-state index is -2.89. The number of para-hydroxylation sites is 2. The molecule has 16 aromatic rings. The molecular formula is C94H78N2O2Si. The first-order valence-corrected chi connectivity index (χ1v) is 36.8. The van der Waals surface area contributed by atoms with E-state index in [0.29, 0.717) is 0 Å². The highest BCUT2D eigenvalue weighted by Crippen LogP contribution is 2.57. The molecule has 0 bridgehead atoms. The summed E-state index contributed by atoms with van der Waals surface area (Å²) < 4.78 is 14.5. The molecule has 0 saturated heterocycles. The van der Waals surface area contributed by atoms with Gasteiger partial charge in [0.25, 0.3) is 0 Å². The Bertz CT molecular complexity index is 5700. The number of fused-ring (bicyclic) bond motifs is 11. The van der Waals surface area contributed by atoms with Crippen molar-refractivity contribution < 1.29 is 8.83 Å². The maximum absolute atomic E-state index is 7.41. The maximum atomic E-state index is 7.41. The standard InChI is InChI=1S/C94H78N2O2Si/c1-61-27-25-28-62(57-61)73-53-55-82(90-88(73)78-39-21-23-41-85(78)97-90)95(66-47-43-64(44-48-66)92(2,3)4)68-51-52-77-80(59-68)94(8,9)81-60-84(75-37-19-20-38-76(75)87(77)81)96(67-49-45-65(46-50-67)93(5,6)7)83-56-54-74(89-79-40-22-24-42-86(79)98-91(83)89)63-29-26-36-72(58-63)99(69-30-13-10-14-31-69,70-32-15-11-16-33-70)71-34-17-12-18-35-71/h10-60H,1-9H3. The molecule has 480 valence electrons. The Morgan fingerprint density at radius 3 is 1.26 bits per heavy atom. The van der Waals surface area contributed by atoms with Crippen molar-refractivity contribution in [1.82, 2.24) is 0 Å². The Labute approximate surface area is 581 Å². The van der Waals surface area contributed by atoms with Gasteiger partial charge in [0.15, 0.2) is 19.2 Å². The van der Waals surface area contributed by atoms with Gasteiger partial charge in [-0.1, -0.05) is 304 Å². The molecule has 0 radical (unpaired) electrons. The highest BCUT2D eigenvalue weighted by Gasteiger charge is 2.43. The van der Waals surface area contributed by atoms with Crippen LogP contribution in [0.25, 0.3) is 88.0 Å². The van der Waals surface area contributed by atoms with Crippen molar-refractivity contribution in [2.45, 2.75) is 78.6 Å². The number of nitrogens with zero attached hydrogens (tertiary/aromatic N) is 2. The smallest absolute Gasteiger partial charge is 0.179 e. The van der Waals surface area contributed by atoms with E-state index < -0.39 is 13.5 Å². The highest BCUT2D eigenvalue weighted by atomic mass is 28.3. The van der Waals surface area contributed by atoms with Crippen LogP contribution in [0.4, 0.5) is 34.1 Å². The van der Waals surface area contributed by atoms with Crippen LogP contribution in [-0.4, -0.2) is 8.07 Å². The number of aryl methyl sites for hydroxylation is 1. The van der Waals surface area contributed by atoms with Crippen LogP contribution in [0, 0.1) is 6.92 Å². The fourth-order valence-corrected chi connectivity index (χ4v) is 21.0. The van der Waals surface area contributed by atoms with Gasteiger partial charge >= 0.3 is 0 Å². The van der Waals surface area contributed by atoms with E-state index in [1.54, 1.807) is 0 Å². The molecule has 0 amide bonds. The van der Waals surface area contributed by atoms with Gasteiger partial charge < -0.3 is 18.6 Å². The molecule has 0 atom stereocenters. The van der Waals surface area contributed by atoms with Crippen molar-refractivity contribution in [2.24, 2.45) is 0 Å². The van der Waals surface area contributed by atoms with E-state index in [4.69, 9.17) is 8.83 Å². The zero-order chi connectivity index (χ0) is 67.5. The second kappa shape index (κ2) is 23.5. The molecule has 0 saturated carbocycles. The first kappa shape index (κ1) is 61.4. The third-order valence-corrected chi connectivity index (χ3v) is 25.9. The molecule has 99 heavy (non-hydrogen) atoms. The van der Waals surface area contributed by atoms with E-state index in [0.717, 1.165) is 100 Å². The fraction of sp³-hybridized carbons (Fsp3) is 0.128. The van der Waals surface area contributed by atoms with Crippen LogP contribution in [-0.2, 0) is 16.2 Å². The summed E-state index contributed by atoms with van der Waals surface area (Å²) in [5, 5.41) is 12.0. The summed E-state index contributed by atoms with van der Waals surface area (Å²) in [4.78, 5) is 4.92. The number of benzene rings is 14. The summed E-state index contributed by atoms with van der Waals surface area (Å²) in [6, 6.07) is 115. The molecule has 14 aromatic carbocycles. The second-order valence-corrected chi connectivity index (χ2v) is 33.5. The summed E-state index contributed by atoms with van der Waals surface area (Å²) in [7, 11) is -2.89. The van der Waals surface area contributed by atoms with Crippen LogP contribution in [0.3, 0.4) is 0 Å². The van der Waals surface area contributed by atoms with E-state index in [2.05, 4.69) is 381 Å². The summed E-state index contributed by atoms with van der Waals surface area (Å²) in [6.07, 6.45) is 0. The third-order valence-electron chi connectivity index (χ3n) is 21.2. The second-order valence-electron chi connectivity index (χ2n) is 29.7. The Kier molecular flexibility index (Phi) is 14.6. The van der Waals surface area contributed by atoms with Gasteiger partial charge in [0.05, 0.1) is 17.1 Å². The lowest BCUT2D eigenvalue weighted by Gasteiger charge is -2.34. The third kappa shape index (κ3) is 10.1. The minimum absolute atomic E-state index is 0.0278. The van der Waals surface area contributed by atoms with Crippen molar-refractivity contribution in [1.29, 1.82) is 0 Å².